The summed E-state index contributed by atoms with van der Waals surface area (Å²) in [6, 6.07) is 6.72. The summed E-state index contributed by atoms with van der Waals surface area (Å²) in [6.07, 6.45) is 0. The van der Waals surface area contributed by atoms with Gasteiger partial charge >= 0.3 is 5.97 Å². The van der Waals surface area contributed by atoms with E-state index >= 15 is 0 Å². The van der Waals surface area contributed by atoms with Gasteiger partial charge in [-0.1, -0.05) is 12.1 Å². The standard InChI is InChI=1S/C19H24FN3O3/c1-5-21-19(22-10-14-7-6-12(2)17(20)8-14)23-11-15-9-16(13(3)26-15)18(24)25-4/h6-9H,5,10-11H2,1-4H3,(H2,21,22,23). The number of aryl methyl sites for hydroxylation is 2. The van der Waals surface area contributed by atoms with Crippen LogP contribution in [0.2, 0.25) is 0 Å². The average molecular weight is 361 g/mol. The fraction of sp³-hybridized carbons (Fsp3) is 0.368. The van der Waals surface area contributed by atoms with Crippen LogP contribution in [-0.2, 0) is 17.8 Å². The number of halogens is 1. The molecule has 0 unspecified atom stereocenters. The number of furan rings is 1. The molecule has 0 saturated heterocycles. The summed E-state index contributed by atoms with van der Waals surface area (Å²) in [7, 11) is 1.33. The summed E-state index contributed by atoms with van der Waals surface area (Å²) in [5.41, 5.74) is 1.80. The minimum absolute atomic E-state index is 0.239. The molecule has 2 N–H and O–H groups in total. The molecule has 26 heavy (non-hydrogen) atoms. The van der Waals surface area contributed by atoms with Crippen LogP contribution in [0.5, 0.6) is 0 Å². The van der Waals surface area contributed by atoms with Crippen molar-refractivity contribution >= 4 is 11.9 Å². The number of esters is 1. The monoisotopic (exact) mass is 361 g/mol. The van der Waals surface area contributed by atoms with E-state index in [0.29, 0.717) is 48.2 Å². The molecule has 0 atom stereocenters. The van der Waals surface area contributed by atoms with Crippen molar-refractivity contribution < 1.29 is 18.3 Å². The summed E-state index contributed by atoms with van der Waals surface area (Å²) < 4.78 is 23.9. The van der Waals surface area contributed by atoms with E-state index in [1.165, 1.54) is 13.2 Å². The van der Waals surface area contributed by atoms with Crippen LogP contribution in [0.1, 0.15) is 39.9 Å². The molecule has 0 bridgehead atoms. The number of hydrogen-bond donors (Lipinski definition) is 2. The molecule has 0 fully saturated rings. The van der Waals surface area contributed by atoms with E-state index in [4.69, 9.17) is 9.15 Å². The molecular weight excluding hydrogens is 337 g/mol. The van der Waals surface area contributed by atoms with Crippen molar-refractivity contribution in [1.29, 1.82) is 0 Å². The van der Waals surface area contributed by atoms with Crippen LogP contribution in [-0.4, -0.2) is 25.6 Å². The van der Waals surface area contributed by atoms with E-state index in [1.807, 2.05) is 13.0 Å². The molecule has 6 nitrogen and oxygen atoms in total. The smallest absolute Gasteiger partial charge is 0.341 e. The van der Waals surface area contributed by atoms with Crippen molar-refractivity contribution in [3.8, 4) is 0 Å². The molecule has 2 rings (SSSR count). The van der Waals surface area contributed by atoms with Crippen LogP contribution in [0.25, 0.3) is 0 Å². The molecule has 0 aliphatic rings. The Balaban J connectivity index is 2.03. The van der Waals surface area contributed by atoms with Crippen LogP contribution in [0.3, 0.4) is 0 Å². The van der Waals surface area contributed by atoms with Gasteiger partial charge in [0.05, 0.1) is 20.2 Å². The second-order valence-corrected chi connectivity index (χ2v) is 5.81. The molecule has 0 aliphatic carbocycles. The minimum Gasteiger partial charge on any atom is -0.465 e. The molecular formula is C19H24FN3O3. The number of aliphatic imine (C=N–C) groups is 1. The summed E-state index contributed by atoms with van der Waals surface area (Å²) in [4.78, 5) is 16.1. The van der Waals surface area contributed by atoms with Crippen molar-refractivity contribution in [1.82, 2.24) is 10.6 Å². The van der Waals surface area contributed by atoms with E-state index in [9.17, 15) is 9.18 Å². The van der Waals surface area contributed by atoms with Crippen molar-refractivity contribution in [2.75, 3.05) is 13.7 Å². The first-order valence-corrected chi connectivity index (χ1v) is 8.39. The van der Waals surface area contributed by atoms with Crippen LogP contribution in [0.15, 0.2) is 33.7 Å². The summed E-state index contributed by atoms with van der Waals surface area (Å²) in [6.45, 7) is 6.76. The third-order valence-electron chi connectivity index (χ3n) is 3.80. The first kappa shape index (κ1) is 19.5. The zero-order chi connectivity index (χ0) is 19.1. The SMILES string of the molecule is CCNC(=NCc1ccc(C)c(F)c1)NCc1cc(C(=O)OC)c(C)o1. The number of rotatable bonds is 6. The van der Waals surface area contributed by atoms with Crippen molar-refractivity contribution in [2.24, 2.45) is 4.99 Å². The highest BCUT2D eigenvalue weighted by atomic mass is 19.1. The second-order valence-electron chi connectivity index (χ2n) is 5.81. The highest BCUT2D eigenvalue weighted by Gasteiger charge is 2.15. The van der Waals surface area contributed by atoms with Gasteiger partial charge in [-0.2, -0.15) is 0 Å². The third-order valence-corrected chi connectivity index (χ3v) is 3.80. The van der Waals surface area contributed by atoms with Gasteiger partial charge in [0.2, 0.25) is 0 Å². The highest BCUT2D eigenvalue weighted by Crippen LogP contribution is 2.15. The van der Waals surface area contributed by atoms with E-state index < -0.39 is 5.97 Å². The molecule has 2 aromatic rings. The quantitative estimate of drug-likeness (QED) is 0.470. The van der Waals surface area contributed by atoms with Gasteiger partial charge in [-0.05, 0) is 44.0 Å². The van der Waals surface area contributed by atoms with Gasteiger partial charge in [0.1, 0.15) is 22.9 Å². The van der Waals surface area contributed by atoms with E-state index in [2.05, 4.69) is 15.6 Å². The molecule has 0 saturated carbocycles. The normalized spacial score (nSPS) is 11.3. The largest absolute Gasteiger partial charge is 0.465 e. The van der Waals surface area contributed by atoms with Crippen LogP contribution >= 0.6 is 0 Å². The Bertz CT molecular complexity index is 799. The molecule has 7 heteroatoms. The number of ether oxygens (including phenoxy) is 1. The Labute approximate surface area is 152 Å². The number of carbonyl (C=O) groups is 1. The van der Waals surface area contributed by atoms with Gasteiger partial charge in [0.25, 0.3) is 0 Å². The topological polar surface area (TPSA) is 75.9 Å². The van der Waals surface area contributed by atoms with Crippen molar-refractivity contribution in [3.63, 3.8) is 0 Å². The van der Waals surface area contributed by atoms with Gasteiger partial charge in [-0.25, -0.2) is 14.2 Å². The van der Waals surface area contributed by atoms with Gasteiger partial charge in [0, 0.05) is 6.54 Å². The maximum Gasteiger partial charge on any atom is 0.341 e. The lowest BCUT2D eigenvalue weighted by Gasteiger charge is -2.10. The van der Waals surface area contributed by atoms with Crippen LogP contribution in [0, 0.1) is 19.7 Å². The maximum atomic E-state index is 13.6. The molecule has 1 aromatic heterocycles. The van der Waals surface area contributed by atoms with Crippen molar-refractivity contribution in [2.45, 2.75) is 33.9 Å². The Morgan fingerprint density at radius 3 is 2.69 bits per heavy atom. The lowest BCUT2D eigenvalue weighted by atomic mass is 10.1. The average Bonchev–Trinajstić information content (AvgIpc) is 3.00. The predicted molar refractivity (Wildman–Crippen MR) is 97.6 cm³/mol. The number of carbonyl (C=O) groups excluding carboxylic acids is 1. The minimum atomic E-state index is -0.431. The zero-order valence-corrected chi connectivity index (χ0v) is 15.5. The van der Waals surface area contributed by atoms with E-state index in [1.54, 1.807) is 26.0 Å². The van der Waals surface area contributed by atoms with Crippen LogP contribution < -0.4 is 10.6 Å². The van der Waals surface area contributed by atoms with Gasteiger partial charge < -0.3 is 19.8 Å². The Morgan fingerprint density at radius 2 is 2.04 bits per heavy atom. The molecule has 0 radical (unpaired) electrons. The summed E-state index contributed by atoms with van der Waals surface area (Å²) in [5, 5.41) is 6.25. The molecule has 0 aliphatic heterocycles. The van der Waals surface area contributed by atoms with E-state index in [-0.39, 0.29) is 5.82 Å². The second kappa shape index (κ2) is 9.03. The summed E-state index contributed by atoms with van der Waals surface area (Å²) in [5.74, 6) is 0.999. The number of nitrogens with zero attached hydrogens (tertiary/aromatic N) is 1. The Morgan fingerprint density at radius 1 is 1.27 bits per heavy atom. The number of methoxy groups -OCH3 is 1. The lowest BCUT2D eigenvalue weighted by Crippen LogP contribution is -2.36. The third kappa shape index (κ3) is 5.08. The lowest BCUT2D eigenvalue weighted by molar-refractivity contribution is 0.0599. The number of guanidine groups is 1. The number of hydrogen-bond acceptors (Lipinski definition) is 4. The highest BCUT2D eigenvalue weighted by molar-refractivity contribution is 5.90. The van der Waals surface area contributed by atoms with E-state index in [0.717, 1.165) is 5.56 Å². The Kier molecular flexibility index (Phi) is 6.77. The molecule has 0 spiro atoms. The fourth-order valence-corrected chi connectivity index (χ4v) is 2.36. The number of benzene rings is 1. The van der Waals surface area contributed by atoms with Gasteiger partial charge in [-0.3, -0.25) is 0 Å². The predicted octanol–water partition coefficient (Wildman–Crippen LogP) is 3.08. The summed E-state index contributed by atoms with van der Waals surface area (Å²) >= 11 is 0. The first-order chi connectivity index (χ1) is 12.4. The Hall–Kier alpha value is -2.83. The maximum absolute atomic E-state index is 13.6. The first-order valence-electron chi connectivity index (χ1n) is 8.39. The van der Waals surface area contributed by atoms with Crippen molar-refractivity contribution in [3.05, 3.63) is 58.3 Å². The fourth-order valence-electron chi connectivity index (χ4n) is 2.36. The van der Waals surface area contributed by atoms with Gasteiger partial charge in [0.15, 0.2) is 5.96 Å². The van der Waals surface area contributed by atoms with Gasteiger partial charge in [-0.15, -0.1) is 0 Å². The van der Waals surface area contributed by atoms with Crippen LogP contribution in [0.4, 0.5) is 4.39 Å². The zero-order valence-electron chi connectivity index (χ0n) is 15.5. The molecule has 140 valence electrons. The molecule has 0 amide bonds. The molecule has 1 heterocycles. The molecule has 1 aromatic carbocycles. The number of nitrogens with one attached hydrogen (secondary N) is 2.